The minimum Gasteiger partial charge on any atom is -0.485 e. The number of nitrogens with one attached hydrogen (secondary N) is 1. The number of ether oxygens (including phenoxy) is 1. The molecule has 0 saturated heterocycles. The van der Waals surface area contributed by atoms with E-state index in [0.717, 1.165) is 18.3 Å². The van der Waals surface area contributed by atoms with Crippen LogP contribution in [0.2, 0.25) is 0 Å². The molecule has 1 aliphatic rings. The second-order valence-corrected chi connectivity index (χ2v) is 4.44. The van der Waals surface area contributed by atoms with Crippen LogP contribution in [0.1, 0.15) is 24.2 Å². The fourth-order valence-electron chi connectivity index (χ4n) is 1.66. The number of hydrogen-bond donors (Lipinski definition) is 1. The van der Waals surface area contributed by atoms with Gasteiger partial charge in [0.1, 0.15) is 5.75 Å². The highest BCUT2D eigenvalue weighted by Gasteiger charge is 2.19. The van der Waals surface area contributed by atoms with E-state index >= 15 is 0 Å². The van der Waals surface area contributed by atoms with E-state index in [2.05, 4.69) is 32.1 Å². The van der Waals surface area contributed by atoms with Crippen LogP contribution in [0.25, 0.3) is 0 Å². The lowest BCUT2D eigenvalue weighted by Crippen LogP contribution is -2.15. The smallest absolute Gasteiger partial charge is 0.213 e. The molecule has 1 fully saturated rings. The van der Waals surface area contributed by atoms with Gasteiger partial charge in [0.25, 0.3) is 0 Å². The average molecular weight is 245 g/mol. The van der Waals surface area contributed by atoms with E-state index in [0.29, 0.717) is 12.4 Å². The van der Waals surface area contributed by atoms with Crippen LogP contribution >= 0.6 is 0 Å². The highest BCUT2D eigenvalue weighted by molar-refractivity contribution is 5.27. The van der Waals surface area contributed by atoms with Crippen molar-refractivity contribution in [3.8, 4) is 5.75 Å². The third-order valence-corrected chi connectivity index (χ3v) is 2.87. The highest BCUT2D eigenvalue weighted by Crippen LogP contribution is 2.20. The van der Waals surface area contributed by atoms with Crippen molar-refractivity contribution in [1.82, 2.24) is 15.5 Å². The molecule has 5 nitrogen and oxygen atoms in total. The van der Waals surface area contributed by atoms with Gasteiger partial charge in [0.05, 0.1) is 0 Å². The van der Waals surface area contributed by atoms with Crippen LogP contribution in [0, 0.1) is 0 Å². The molecule has 3 rings (SSSR count). The minimum absolute atomic E-state index is 0.330. The molecule has 18 heavy (non-hydrogen) atoms. The average Bonchev–Trinajstić information content (AvgIpc) is 3.09. The van der Waals surface area contributed by atoms with Gasteiger partial charge < -0.3 is 14.6 Å². The first kappa shape index (κ1) is 11.2. The second-order valence-electron chi connectivity index (χ2n) is 4.44. The first-order chi connectivity index (χ1) is 8.90. The lowest BCUT2D eigenvalue weighted by molar-refractivity contribution is 0.286. The molecule has 1 N–H and O–H groups in total. The van der Waals surface area contributed by atoms with Gasteiger partial charge in [0.15, 0.2) is 6.61 Å². The van der Waals surface area contributed by atoms with Gasteiger partial charge in [-0.2, -0.15) is 4.98 Å². The molecule has 0 amide bonds. The van der Waals surface area contributed by atoms with Crippen LogP contribution in [0.4, 0.5) is 0 Å². The van der Waals surface area contributed by atoms with Gasteiger partial charge in [-0.15, -0.1) is 0 Å². The second kappa shape index (κ2) is 5.18. The Balaban J connectivity index is 1.50. The van der Waals surface area contributed by atoms with Crippen LogP contribution in [-0.4, -0.2) is 16.2 Å². The molecular weight excluding hydrogens is 230 g/mol. The maximum atomic E-state index is 5.54. The Hall–Kier alpha value is -1.88. The van der Waals surface area contributed by atoms with Crippen LogP contribution in [0.15, 0.2) is 35.2 Å². The molecular formula is C13H15N3O2. The zero-order valence-electron chi connectivity index (χ0n) is 10.0. The predicted molar refractivity (Wildman–Crippen MR) is 64.9 cm³/mol. The summed E-state index contributed by atoms with van der Waals surface area (Å²) in [6, 6.07) is 8.80. The number of nitrogens with zero attached hydrogens (tertiary/aromatic N) is 2. The summed E-state index contributed by atoms with van der Waals surface area (Å²) in [5, 5.41) is 7.16. The third-order valence-electron chi connectivity index (χ3n) is 2.87. The molecule has 0 spiro atoms. The van der Waals surface area contributed by atoms with E-state index in [4.69, 9.17) is 4.74 Å². The zero-order valence-corrected chi connectivity index (χ0v) is 10.0. The van der Waals surface area contributed by atoms with Gasteiger partial charge >= 0.3 is 0 Å². The summed E-state index contributed by atoms with van der Waals surface area (Å²) in [7, 11) is 0. The monoisotopic (exact) mass is 245 g/mol. The van der Waals surface area contributed by atoms with E-state index in [1.54, 1.807) is 0 Å². The van der Waals surface area contributed by atoms with Gasteiger partial charge in [-0.05, 0) is 30.5 Å². The Labute approximate surface area is 105 Å². The SMILES string of the molecule is c1nc(COc2ccc(CNC3CC3)cc2)no1. The van der Waals surface area contributed by atoms with Crippen molar-refractivity contribution in [2.75, 3.05) is 0 Å². The lowest BCUT2D eigenvalue weighted by Gasteiger charge is -2.06. The Morgan fingerprint density at radius 2 is 2.11 bits per heavy atom. The molecule has 1 aromatic carbocycles. The molecule has 1 aromatic heterocycles. The molecule has 5 heteroatoms. The van der Waals surface area contributed by atoms with E-state index in [-0.39, 0.29) is 0 Å². The van der Waals surface area contributed by atoms with E-state index in [1.807, 2.05) is 12.1 Å². The molecule has 94 valence electrons. The fourth-order valence-corrected chi connectivity index (χ4v) is 1.66. The van der Waals surface area contributed by atoms with Crippen molar-refractivity contribution in [3.05, 3.63) is 42.0 Å². The molecule has 0 atom stereocenters. The lowest BCUT2D eigenvalue weighted by atomic mass is 10.2. The van der Waals surface area contributed by atoms with Crippen molar-refractivity contribution < 1.29 is 9.26 Å². The van der Waals surface area contributed by atoms with Crippen molar-refractivity contribution in [2.45, 2.75) is 32.0 Å². The Bertz CT molecular complexity index is 477. The van der Waals surface area contributed by atoms with Crippen LogP contribution in [-0.2, 0) is 13.2 Å². The van der Waals surface area contributed by atoms with Gasteiger partial charge in [-0.3, -0.25) is 0 Å². The standard InChI is InChI=1S/C13H15N3O2/c1-5-12(17-8-13-15-9-18-16-13)6-2-10(1)7-14-11-3-4-11/h1-2,5-6,9,11,14H,3-4,7-8H2. The summed E-state index contributed by atoms with van der Waals surface area (Å²) >= 11 is 0. The van der Waals surface area contributed by atoms with Crippen molar-refractivity contribution in [2.24, 2.45) is 0 Å². The molecule has 1 saturated carbocycles. The Morgan fingerprint density at radius 3 is 2.78 bits per heavy atom. The quantitative estimate of drug-likeness (QED) is 0.842. The summed E-state index contributed by atoms with van der Waals surface area (Å²) in [5.41, 5.74) is 1.27. The Morgan fingerprint density at radius 1 is 1.28 bits per heavy atom. The van der Waals surface area contributed by atoms with Crippen molar-refractivity contribution in [3.63, 3.8) is 0 Å². The summed E-state index contributed by atoms with van der Waals surface area (Å²) < 4.78 is 10.2. The minimum atomic E-state index is 0.330. The highest BCUT2D eigenvalue weighted by atomic mass is 16.5. The fraction of sp³-hybridized carbons (Fsp3) is 0.385. The van der Waals surface area contributed by atoms with Gasteiger partial charge in [-0.1, -0.05) is 17.3 Å². The van der Waals surface area contributed by atoms with Crippen LogP contribution < -0.4 is 10.1 Å². The molecule has 0 aliphatic heterocycles. The van der Waals surface area contributed by atoms with Crippen molar-refractivity contribution >= 4 is 0 Å². The molecule has 1 heterocycles. The third kappa shape index (κ3) is 3.07. The first-order valence-electron chi connectivity index (χ1n) is 6.10. The van der Waals surface area contributed by atoms with Crippen molar-refractivity contribution in [1.29, 1.82) is 0 Å². The Kier molecular flexibility index (Phi) is 3.23. The normalized spacial score (nSPS) is 14.7. The number of benzene rings is 1. The maximum absolute atomic E-state index is 5.54. The molecule has 0 bridgehead atoms. The largest absolute Gasteiger partial charge is 0.485 e. The molecule has 2 aromatic rings. The van der Waals surface area contributed by atoms with E-state index in [1.165, 1.54) is 24.8 Å². The number of hydrogen-bond acceptors (Lipinski definition) is 5. The van der Waals surface area contributed by atoms with Crippen LogP contribution in [0.5, 0.6) is 5.75 Å². The maximum Gasteiger partial charge on any atom is 0.213 e. The van der Waals surface area contributed by atoms with Crippen LogP contribution in [0.3, 0.4) is 0 Å². The topological polar surface area (TPSA) is 60.2 Å². The predicted octanol–water partition coefficient (Wildman–Crippen LogP) is 1.90. The van der Waals surface area contributed by atoms with Gasteiger partial charge in [-0.25, -0.2) is 0 Å². The number of aromatic nitrogens is 2. The molecule has 1 aliphatic carbocycles. The van der Waals surface area contributed by atoms with Gasteiger partial charge in [0.2, 0.25) is 12.2 Å². The first-order valence-corrected chi connectivity index (χ1v) is 6.10. The van der Waals surface area contributed by atoms with E-state index < -0.39 is 0 Å². The van der Waals surface area contributed by atoms with Gasteiger partial charge in [0, 0.05) is 12.6 Å². The van der Waals surface area contributed by atoms with E-state index in [9.17, 15) is 0 Å². The molecule has 0 unspecified atom stereocenters. The summed E-state index contributed by atoms with van der Waals surface area (Å²) in [6.07, 6.45) is 3.92. The molecule has 0 radical (unpaired) electrons. The summed E-state index contributed by atoms with van der Waals surface area (Å²) in [4.78, 5) is 3.89. The summed E-state index contributed by atoms with van der Waals surface area (Å²) in [6.45, 7) is 1.26. The number of rotatable bonds is 6. The summed E-state index contributed by atoms with van der Waals surface area (Å²) in [5.74, 6) is 1.37. The zero-order chi connectivity index (χ0) is 12.2.